The quantitative estimate of drug-likeness (QED) is 0.398. The van der Waals surface area contributed by atoms with Crippen LogP contribution in [0, 0.1) is 6.92 Å². The second-order valence-electron chi connectivity index (χ2n) is 5.23. The number of rotatable bonds is 8. The molecule has 7 heteroatoms. The Hall–Kier alpha value is -3.09. The summed E-state index contributed by atoms with van der Waals surface area (Å²) >= 11 is 0. The molecule has 0 unspecified atom stereocenters. The summed E-state index contributed by atoms with van der Waals surface area (Å²) in [6.45, 7) is 4.10. The highest BCUT2D eigenvalue weighted by Crippen LogP contribution is 2.15. The van der Waals surface area contributed by atoms with E-state index in [0.29, 0.717) is 0 Å². The predicted molar refractivity (Wildman–Crippen MR) is 94.6 cm³/mol. The zero-order valence-electron chi connectivity index (χ0n) is 15.4. The molecule has 1 aromatic rings. The van der Waals surface area contributed by atoms with Crippen molar-refractivity contribution in [2.24, 2.45) is 0 Å². The van der Waals surface area contributed by atoms with Crippen molar-refractivity contribution in [3.8, 4) is 0 Å². The van der Waals surface area contributed by atoms with Crippen molar-refractivity contribution in [2.75, 3.05) is 20.8 Å². The van der Waals surface area contributed by atoms with E-state index in [-0.39, 0.29) is 18.8 Å². The first-order chi connectivity index (χ1) is 12.4. The van der Waals surface area contributed by atoms with Gasteiger partial charge in [-0.1, -0.05) is 29.8 Å². The molecule has 26 heavy (non-hydrogen) atoms. The SMILES string of the molecule is CCOC(=O)/C=C/N(Cc1ccc(C)cc1)/C(=C/C(=O)OC)C(=O)OC. The summed E-state index contributed by atoms with van der Waals surface area (Å²) in [7, 11) is 2.40. The van der Waals surface area contributed by atoms with Crippen LogP contribution in [0.4, 0.5) is 0 Å². The number of nitrogens with zero attached hydrogens (tertiary/aromatic N) is 1. The van der Waals surface area contributed by atoms with Gasteiger partial charge in [0.05, 0.1) is 26.9 Å². The maximum Gasteiger partial charge on any atom is 0.354 e. The van der Waals surface area contributed by atoms with Crippen molar-refractivity contribution in [2.45, 2.75) is 20.4 Å². The van der Waals surface area contributed by atoms with Gasteiger partial charge in [0.25, 0.3) is 0 Å². The summed E-state index contributed by atoms with van der Waals surface area (Å²) in [5, 5.41) is 0. The number of aryl methyl sites for hydroxylation is 1. The van der Waals surface area contributed by atoms with E-state index in [0.717, 1.165) is 17.2 Å². The molecule has 0 heterocycles. The van der Waals surface area contributed by atoms with Gasteiger partial charge in [0.15, 0.2) is 0 Å². The summed E-state index contributed by atoms with van der Waals surface area (Å²) in [6.07, 6.45) is 3.55. The maximum absolute atomic E-state index is 12.1. The lowest BCUT2D eigenvalue weighted by Crippen LogP contribution is -2.25. The van der Waals surface area contributed by atoms with Gasteiger partial charge in [-0.15, -0.1) is 0 Å². The van der Waals surface area contributed by atoms with E-state index >= 15 is 0 Å². The molecule has 0 saturated carbocycles. The van der Waals surface area contributed by atoms with Crippen molar-refractivity contribution < 1.29 is 28.6 Å². The van der Waals surface area contributed by atoms with Crippen LogP contribution < -0.4 is 0 Å². The van der Waals surface area contributed by atoms with Gasteiger partial charge in [0.1, 0.15) is 5.70 Å². The fourth-order valence-electron chi connectivity index (χ4n) is 1.98. The van der Waals surface area contributed by atoms with Crippen molar-refractivity contribution >= 4 is 17.9 Å². The fourth-order valence-corrected chi connectivity index (χ4v) is 1.98. The molecular formula is C19H23NO6. The second-order valence-corrected chi connectivity index (χ2v) is 5.23. The Balaban J connectivity index is 3.23. The number of methoxy groups -OCH3 is 2. The minimum atomic E-state index is -0.740. The molecule has 0 radical (unpaired) electrons. The normalized spacial score (nSPS) is 11.2. The highest BCUT2D eigenvalue weighted by Gasteiger charge is 2.19. The number of carbonyl (C=O) groups is 3. The van der Waals surface area contributed by atoms with E-state index in [4.69, 9.17) is 9.47 Å². The van der Waals surface area contributed by atoms with Crippen LogP contribution in [0.2, 0.25) is 0 Å². The zero-order valence-corrected chi connectivity index (χ0v) is 15.4. The Labute approximate surface area is 152 Å². The lowest BCUT2D eigenvalue weighted by atomic mass is 10.1. The van der Waals surface area contributed by atoms with Crippen LogP contribution in [0.3, 0.4) is 0 Å². The number of benzene rings is 1. The van der Waals surface area contributed by atoms with Crippen LogP contribution in [0.5, 0.6) is 0 Å². The molecule has 0 aliphatic carbocycles. The van der Waals surface area contributed by atoms with Gasteiger partial charge in [0, 0.05) is 18.8 Å². The largest absolute Gasteiger partial charge is 0.466 e. The van der Waals surface area contributed by atoms with Crippen LogP contribution in [-0.2, 0) is 35.1 Å². The van der Waals surface area contributed by atoms with Gasteiger partial charge < -0.3 is 19.1 Å². The molecule has 140 valence electrons. The highest BCUT2D eigenvalue weighted by atomic mass is 16.5. The first-order valence-corrected chi connectivity index (χ1v) is 7.96. The average molecular weight is 361 g/mol. The van der Waals surface area contributed by atoms with Gasteiger partial charge in [-0.2, -0.15) is 0 Å². The minimum absolute atomic E-state index is 0.0690. The van der Waals surface area contributed by atoms with Crippen LogP contribution in [0.15, 0.2) is 48.3 Å². The first-order valence-electron chi connectivity index (χ1n) is 7.96. The van der Waals surface area contributed by atoms with Crippen molar-refractivity contribution in [1.29, 1.82) is 0 Å². The Bertz CT molecular complexity index is 690. The van der Waals surface area contributed by atoms with Crippen molar-refractivity contribution in [1.82, 2.24) is 4.90 Å². The summed E-state index contributed by atoms with van der Waals surface area (Å²) in [6, 6.07) is 7.61. The maximum atomic E-state index is 12.1. The standard InChI is InChI=1S/C19H23NO6/c1-5-26-17(21)10-11-20(13-15-8-6-14(2)7-9-15)16(19(23)25-4)12-18(22)24-3/h6-12H,5,13H2,1-4H3/b11-10+,16-12+. The predicted octanol–water partition coefficient (Wildman–Crippen LogP) is 2.10. The fraction of sp³-hybridized carbons (Fsp3) is 0.316. The van der Waals surface area contributed by atoms with E-state index in [2.05, 4.69) is 4.74 Å². The summed E-state index contributed by atoms with van der Waals surface area (Å²) in [5.74, 6) is -2.02. The van der Waals surface area contributed by atoms with Crippen molar-refractivity contribution in [3.05, 3.63) is 59.4 Å². The van der Waals surface area contributed by atoms with Gasteiger partial charge in [0.2, 0.25) is 0 Å². The Morgan fingerprint density at radius 3 is 2.23 bits per heavy atom. The lowest BCUT2D eigenvalue weighted by molar-refractivity contribution is -0.140. The second kappa shape index (κ2) is 10.7. The Kier molecular flexibility index (Phi) is 8.63. The molecule has 1 aromatic carbocycles. The van der Waals surface area contributed by atoms with Crippen LogP contribution in [0.25, 0.3) is 0 Å². The van der Waals surface area contributed by atoms with Gasteiger partial charge in [-0.25, -0.2) is 14.4 Å². The average Bonchev–Trinajstić information content (AvgIpc) is 2.64. The minimum Gasteiger partial charge on any atom is -0.466 e. The van der Waals surface area contributed by atoms with Gasteiger partial charge in [-0.3, -0.25) is 0 Å². The lowest BCUT2D eigenvalue weighted by Gasteiger charge is -2.22. The van der Waals surface area contributed by atoms with E-state index < -0.39 is 17.9 Å². The molecule has 0 aliphatic rings. The summed E-state index contributed by atoms with van der Waals surface area (Å²) in [4.78, 5) is 36.8. The van der Waals surface area contributed by atoms with E-state index in [1.165, 1.54) is 31.4 Å². The molecule has 0 bridgehead atoms. The molecule has 0 saturated heterocycles. The van der Waals surface area contributed by atoms with Crippen LogP contribution in [-0.4, -0.2) is 43.6 Å². The Morgan fingerprint density at radius 2 is 1.69 bits per heavy atom. The molecule has 7 nitrogen and oxygen atoms in total. The van der Waals surface area contributed by atoms with Gasteiger partial charge in [-0.05, 0) is 19.4 Å². The monoisotopic (exact) mass is 361 g/mol. The number of hydrogen-bond acceptors (Lipinski definition) is 7. The molecule has 0 atom stereocenters. The third kappa shape index (κ3) is 6.80. The molecule has 0 aliphatic heterocycles. The Morgan fingerprint density at radius 1 is 1.04 bits per heavy atom. The smallest absolute Gasteiger partial charge is 0.354 e. The number of hydrogen-bond donors (Lipinski definition) is 0. The molecule has 1 rings (SSSR count). The van der Waals surface area contributed by atoms with Crippen LogP contribution >= 0.6 is 0 Å². The van der Waals surface area contributed by atoms with Crippen molar-refractivity contribution in [3.63, 3.8) is 0 Å². The molecule has 0 spiro atoms. The van der Waals surface area contributed by atoms with Crippen LogP contribution in [0.1, 0.15) is 18.1 Å². The zero-order chi connectivity index (χ0) is 19.5. The first kappa shape index (κ1) is 21.0. The van der Waals surface area contributed by atoms with E-state index in [1.54, 1.807) is 6.92 Å². The highest BCUT2D eigenvalue weighted by molar-refractivity contribution is 5.96. The number of esters is 3. The molecule has 0 aromatic heterocycles. The molecular weight excluding hydrogens is 338 g/mol. The molecule has 0 amide bonds. The molecule has 0 N–H and O–H groups in total. The van der Waals surface area contributed by atoms with Gasteiger partial charge >= 0.3 is 17.9 Å². The third-order valence-corrected chi connectivity index (χ3v) is 3.31. The topological polar surface area (TPSA) is 82.1 Å². The summed E-state index contributed by atoms with van der Waals surface area (Å²) in [5.41, 5.74) is 1.88. The van der Waals surface area contributed by atoms with E-state index in [1.807, 2.05) is 31.2 Å². The summed E-state index contributed by atoms with van der Waals surface area (Å²) < 4.78 is 14.2. The third-order valence-electron chi connectivity index (χ3n) is 3.31. The number of carbonyl (C=O) groups excluding carboxylic acids is 3. The van der Waals surface area contributed by atoms with E-state index in [9.17, 15) is 14.4 Å². The molecule has 0 fully saturated rings. The number of ether oxygens (including phenoxy) is 3.